The molecule has 194 valence electrons. The monoisotopic (exact) mass is 505 g/mol. The van der Waals surface area contributed by atoms with Gasteiger partial charge in [-0.1, -0.05) is 31.7 Å². The third kappa shape index (κ3) is 4.10. The summed E-state index contributed by atoms with van der Waals surface area (Å²) in [7, 11) is 0. The van der Waals surface area contributed by atoms with Gasteiger partial charge in [-0.3, -0.25) is 10.1 Å². The molecule has 6 N–H and O–H groups in total. The number of amides is 1. The summed E-state index contributed by atoms with van der Waals surface area (Å²) in [5.74, 6) is -1.09. The van der Waals surface area contributed by atoms with Crippen LogP contribution in [0, 0.1) is 11.8 Å². The van der Waals surface area contributed by atoms with Crippen LogP contribution < -0.4 is 27.0 Å². The van der Waals surface area contributed by atoms with E-state index in [2.05, 4.69) is 27.8 Å². The summed E-state index contributed by atoms with van der Waals surface area (Å²) in [5, 5.41) is 12.6. The van der Waals surface area contributed by atoms with Crippen LogP contribution in [0.25, 0.3) is 6.08 Å². The van der Waals surface area contributed by atoms with Crippen LogP contribution in [-0.2, 0) is 4.79 Å². The lowest BCUT2D eigenvalue weighted by Crippen LogP contribution is -2.76. The highest BCUT2D eigenvalue weighted by Crippen LogP contribution is 2.64. The average molecular weight is 506 g/mol. The second-order valence-electron chi connectivity index (χ2n) is 10.3. The molecule has 2 saturated heterocycles. The van der Waals surface area contributed by atoms with E-state index in [9.17, 15) is 18.0 Å². The first-order valence-corrected chi connectivity index (χ1v) is 12.2. The van der Waals surface area contributed by atoms with E-state index in [4.69, 9.17) is 5.73 Å². The molecule has 4 fully saturated rings. The van der Waals surface area contributed by atoms with E-state index in [1.54, 1.807) is 36.4 Å². The number of allylic oxidation sites excluding steroid dienone is 2. The molecule has 0 aromatic heterocycles. The normalized spacial score (nSPS) is 31.9. The first-order valence-electron chi connectivity index (χ1n) is 12.2. The molecule has 1 aromatic rings. The van der Waals surface area contributed by atoms with Gasteiger partial charge >= 0.3 is 6.18 Å². The van der Waals surface area contributed by atoms with Crippen LogP contribution in [0.3, 0.4) is 0 Å². The Morgan fingerprint density at radius 1 is 1.36 bits per heavy atom. The molecule has 2 heterocycles. The number of benzene rings is 1. The molecule has 3 unspecified atom stereocenters. The van der Waals surface area contributed by atoms with Crippen LogP contribution in [0.5, 0.6) is 0 Å². The number of anilines is 1. The summed E-state index contributed by atoms with van der Waals surface area (Å²) in [6.07, 6.45) is 2.11. The van der Waals surface area contributed by atoms with Crippen LogP contribution in [0.15, 0.2) is 48.2 Å². The number of piperidine rings is 1. The van der Waals surface area contributed by atoms with Gasteiger partial charge in [-0.2, -0.15) is 13.2 Å². The van der Waals surface area contributed by atoms with Crippen molar-refractivity contribution < 1.29 is 22.4 Å². The maximum Gasteiger partial charge on any atom is 0.412 e. The van der Waals surface area contributed by atoms with E-state index in [0.717, 1.165) is 12.8 Å². The first kappa shape index (κ1) is 24.8. The zero-order chi connectivity index (χ0) is 25.9. The Kier molecular flexibility index (Phi) is 5.95. The molecular weight excluding hydrogens is 474 g/mol. The van der Waals surface area contributed by atoms with Crippen molar-refractivity contribution in [3.05, 3.63) is 59.3 Å². The highest BCUT2D eigenvalue weighted by atomic mass is 19.4. The van der Waals surface area contributed by atoms with Gasteiger partial charge in [-0.05, 0) is 36.6 Å². The van der Waals surface area contributed by atoms with Crippen molar-refractivity contribution in [3.8, 4) is 0 Å². The minimum absolute atomic E-state index is 0.00343. The summed E-state index contributed by atoms with van der Waals surface area (Å²) in [6, 6.07) is 4.74. The Balaban J connectivity index is 1.43. The van der Waals surface area contributed by atoms with E-state index in [-0.39, 0.29) is 29.5 Å². The lowest BCUT2D eigenvalue weighted by molar-refractivity contribution is -0.122. The van der Waals surface area contributed by atoms with E-state index in [0.29, 0.717) is 36.4 Å². The summed E-state index contributed by atoms with van der Waals surface area (Å²) in [6.45, 7) is 5.94. The molecular formula is C26H31F4N5O. The third-order valence-corrected chi connectivity index (χ3v) is 7.90. The van der Waals surface area contributed by atoms with E-state index in [1.807, 2.05) is 0 Å². The number of alkyl halides is 4. The van der Waals surface area contributed by atoms with Crippen LogP contribution in [-0.4, -0.2) is 49.1 Å². The van der Waals surface area contributed by atoms with Crippen LogP contribution in [0.2, 0.25) is 0 Å². The SMILES string of the molecule is C=C(C(C)c1cccc(N[C@]23CNCC4C(N2)[C@@]43F)c1/C=C(N)/C=C/CNC(=O)C1CC1)C(F)(F)F. The van der Waals surface area contributed by atoms with Gasteiger partial charge in [-0.25, -0.2) is 4.39 Å². The number of fused-ring (bicyclic) bond motifs is 1. The highest BCUT2D eigenvalue weighted by Gasteiger charge is 2.86. The van der Waals surface area contributed by atoms with Crippen molar-refractivity contribution in [1.82, 2.24) is 16.0 Å². The van der Waals surface area contributed by atoms with E-state index < -0.39 is 29.0 Å². The Hall–Kier alpha value is -2.85. The molecule has 5 atom stereocenters. The number of hydrogen-bond acceptors (Lipinski definition) is 5. The number of nitrogens with one attached hydrogen (secondary N) is 4. The lowest BCUT2D eigenvalue weighted by Gasteiger charge is -2.48. The number of carbonyl (C=O) groups is 1. The summed E-state index contributed by atoms with van der Waals surface area (Å²) in [4.78, 5) is 11.8. The van der Waals surface area contributed by atoms with Crippen molar-refractivity contribution in [1.29, 1.82) is 0 Å². The molecule has 10 heteroatoms. The molecule has 2 aliphatic carbocycles. The Morgan fingerprint density at radius 2 is 2.11 bits per heavy atom. The topological polar surface area (TPSA) is 91.2 Å². The maximum absolute atomic E-state index is 15.6. The molecule has 1 amide bonds. The van der Waals surface area contributed by atoms with Gasteiger partial charge in [0.15, 0.2) is 5.67 Å². The van der Waals surface area contributed by atoms with Crippen LogP contribution in [0.1, 0.15) is 36.8 Å². The number of nitrogens with two attached hydrogens (primary N) is 1. The Labute approximate surface area is 207 Å². The summed E-state index contributed by atoms with van der Waals surface area (Å²) < 4.78 is 56.1. The van der Waals surface area contributed by atoms with Gasteiger partial charge in [0.1, 0.15) is 5.66 Å². The molecule has 5 rings (SSSR count). The van der Waals surface area contributed by atoms with E-state index in [1.165, 1.54) is 6.92 Å². The zero-order valence-corrected chi connectivity index (χ0v) is 20.0. The smallest absolute Gasteiger partial charge is 0.399 e. The molecule has 36 heavy (non-hydrogen) atoms. The summed E-state index contributed by atoms with van der Waals surface area (Å²) in [5.41, 5.74) is 4.47. The second-order valence-corrected chi connectivity index (χ2v) is 10.3. The maximum atomic E-state index is 15.6. The molecule has 0 bridgehead atoms. The fraction of sp³-hybridized carbons (Fsp3) is 0.500. The lowest BCUT2D eigenvalue weighted by atomic mass is 9.86. The first-order chi connectivity index (χ1) is 17.0. The fourth-order valence-corrected chi connectivity index (χ4v) is 5.51. The van der Waals surface area contributed by atoms with Crippen molar-refractivity contribution in [2.24, 2.45) is 17.6 Å². The molecule has 2 aliphatic heterocycles. The van der Waals surface area contributed by atoms with Crippen LogP contribution in [0.4, 0.5) is 23.2 Å². The minimum atomic E-state index is -4.56. The molecule has 4 aliphatic rings. The zero-order valence-electron chi connectivity index (χ0n) is 20.0. The number of rotatable bonds is 9. The Morgan fingerprint density at radius 3 is 2.81 bits per heavy atom. The van der Waals surface area contributed by atoms with Crippen molar-refractivity contribution >= 4 is 17.7 Å². The third-order valence-electron chi connectivity index (χ3n) is 7.90. The van der Waals surface area contributed by atoms with Crippen LogP contribution >= 0.6 is 0 Å². The standard InChI is InChI=1S/C26H31F4N5O/c1-14(15(2)26(28,29)30)18-6-3-7-21(34-24-13-32-12-20-22(35-24)25(20,24)27)19(18)11-17(31)5-4-10-33-23(36)16-8-9-16/h3-7,11,14,16,20,22,32,34-35H,2,8-10,12-13,31H2,1H3,(H,33,36)/b5-4+,17-11-/t14?,20?,22?,24-,25+/m1/s1. The van der Waals surface area contributed by atoms with Gasteiger partial charge < -0.3 is 21.7 Å². The highest BCUT2D eigenvalue weighted by molar-refractivity contribution is 5.81. The van der Waals surface area contributed by atoms with Gasteiger partial charge in [-0.15, -0.1) is 0 Å². The number of hydrogen-bond donors (Lipinski definition) is 5. The average Bonchev–Trinajstić information content (AvgIpc) is 3.73. The van der Waals surface area contributed by atoms with Gasteiger partial charge in [0, 0.05) is 59.9 Å². The molecule has 0 radical (unpaired) electrons. The van der Waals surface area contributed by atoms with E-state index >= 15 is 4.39 Å². The van der Waals surface area contributed by atoms with Crippen molar-refractivity contribution in [2.45, 2.75) is 49.2 Å². The predicted octanol–water partition coefficient (Wildman–Crippen LogP) is 3.31. The van der Waals surface area contributed by atoms with Gasteiger partial charge in [0.25, 0.3) is 0 Å². The van der Waals surface area contributed by atoms with Gasteiger partial charge in [0.05, 0.1) is 6.04 Å². The molecule has 6 nitrogen and oxygen atoms in total. The minimum Gasteiger partial charge on any atom is -0.399 e. The molecule has 1 aromatic carbocycles. The summed E-state index contributed by atoms with van der Waals surface area (Å²) >= 11 is 0. The fourth-order valence-electron chi connectivity index (χ4n) is 5.51. The Bertz CT molecular complexity index is 1140. The largest absolute Gasteiger partial charge is 0.412 e. The predicted molar refractivity (Wildman–Crippen MR) is 131 cm³/mol. The quantitative estimate of drug-likeness (QED) is 0.202. The molecule has 2 saturated carbocycles. The van der Waals surface area contributed by atoms with Crippen molar-refractivity contribution in [2.75, 3.05) is 25.0 Å². The van der Waals surface area contributed by atoms with Crippen molar-refractivity contribution in [3.63, 3.8) is 0 Å². The second kappa shape index (κ2) is 8.62. The number of halogens is 4. The molecule has 0 spiro atoms. The number of carbonyl (C=O) groups excluding carboxylic acids is 1. The van der Waals surface area contributed by atoms with Gasteiger partial charge in [0.2, 0.25) is 5.91 Å².